The van der Waals surface area contributed by atoms with Crippen LogP contribution in [0.3, 0.4) is 0 Å². The van der Waals surface area contributed by atoms with E-state index >= 15 is 0 Å². The lowest BCUT2D eigenvalue weighted by atomic mass is 9.68. The summed E-state index contributed by atoms with van der Waals surface area (Å²) in [6, 6.07) is 21.5. The van der Waals surface area contributed by atoms with Gasteiger partial charge in [-0.2, -0.15) is 0 Å². The Balaban J connectivity index is 1.36. The number of para-hydroxylation sites is 1. The highest BCUT2D eigenvalue weighted by Crippen LogP contribution is 2.55. The first-order valence-corrected chi connectivity index (χ1v) is 13.4. The number of urea groups is 1. The van der Waals surface area contributed by atoms with E-state index in [1.165, 1.54) is 23.9 Å². The number of carbonyl (C=O) groups excluding carboxylic acids is 1. The molecule has 3 aromatic rings. The van der Waals surface area contributed by atoms with E-state index < -0.39 is 0 Å². The van der Waals surface area contributed by atoms with Gasteiger partial charge in [0.2, 0.25) is 0 Å². The summed E-state index contributed by atoms with van der Waals surface area (Å²) in [4.78, 5) is 19.5. The van der Waals surface area contributed by atoms with Gasteiger partial charge in [-0.1, -0.05) is 36.8 Å². The second-order valence-corrected chi connectivity index (χ2v) is 10.7. The molecule has 3 atom stereocenters. The quantitative estimate of drug-likeness (QED) is 0.248. The number of nitrogens with two attached hydrogens (primary N) is 1. The first-order valence-electron chi connectivity index (χ1n) is 13.4. The molecule has 6 nitrogen and oxygen atoms in total. The number of rotatable bonds is 8. The normalized spacial score (nSPS) is 21.1. The molecule has 2 amide bonds. The number of pyridine rings is 1. The number of benzene rings is 2. The van der Waals surface area contributed by atoms with Gasteiger partial charge < -0.3 is 10.7 Å². The number of anilines is 1. The maximum Gasteiger partial charge on any atom is 0.322 e. The average Bonchev–Trinajstić information content (AvgIpc) is 3.28. The van der Waals surface area contributed by atoms with Crippen LogP contribution in [0.4, 0.5) is 20.6 Å². The Morgan fingerprint density at radius 3 is 2.62 bits per heavy atom. The van der Waals surface area contributed by atoms with E-state index in [1.807, 2.05) is 53.8 Å². The van der Waals surface area contributed by atoms with Crippen molar-refractivity contribution in [2.24, 2.45) is 11.3 Å². The first kappa shape index (κ1) is 26.5. The molecule has 7 heteroatoms. The van der Waals surface area contributed by atoms with Crippen LogP contribution in [0.25, 0.3) is 0 Å². The summed E-state index contributed by atoms with van der Waals surface area (Å²) >= 11 is 0. The summed E-state index contributed by atoms with van der Waals surface area (Å²) in [7, 11) is 1.78. The fraction of sp³-hybridized carbons (Fsp3) is 0.281. The molecule has 0 aliphatic heterocycles. The van der Waals surface area contributed by atoms with Crippen LogP contribution in [-0.4, -0.2) is 24.3 Å². The zero-order chi connectivity index (χ0) is 27.4. The largest absolute Gasteiger partial charge is 0.329 e. The van der Waals surface area contributed by atoms with Gasteiger partial charge in [0.1, 0.15) is 17.2 Å². The standard InChI is InChI=1S/C32H34FN5O/c1-32-20-22(21-34)29(36-26-15-13-25(33)14-16-26)18-23(32)11-12-24(32)19-30(28-10-6-7-17-35-28)37-31(39)38(2)27-8-4-3-5-9-27/h3-10,13-18,21,24,30,34,36H,11-12,19-20H2,1-2H3,(H,37,39)/p+1/t24-,30?,32+/m1/s1. The molecule has 39 heavy (non-hydrogen) atoms. The second kappa shape index (κ2) is 11.3. The minimum atomic E-state index is -0.258. The van der Waals surface area contributed by atoms with Crippen LogP contribution < -0.4 is 15.5 Å². The topological polar surface area (TPSA) is 85.7 Å². The number of nitrogens with zero attached hydrogens (tertiary/aromatic N) is 2. The number of quaternary nitrogens is 1. The van der Waals surface area contributed by atoms with Crippen molar-refractivity contribution in [1.29, 1.82) is 5.41 Å². The number of amides is 2. The van der Waals surface area contributed by atoms with Crippen LogP contribution in [0.2, 0.25) is 0 Å². The lowest BCUT2D eigenvalue weighted by Crippen LogP contribution is -2.76. The zero-order valence-corrected chi connectivity index (χ0v) is 22.4. The van der Waals surface area contributed by atoms with Gasteiger partial charge in [0, 0.05) is 42.9 Å². The van der Waals surface area contributed by atoms with Crippen LogP contribution in [-0.2, 0) is 0 Å². The summed E-state index contributed by atoms with van der Waals surface area (Å²) in [5, 5.41) is 13.5. The van der Waals surface area contributed by atoms with Gasteiger partial charge in [-0.15, -0.1) is 0 Å². The van der Waals surface area contributed by atoms with E-state index in [1.54, 1.807) is 30.3 Å². The molecule has 0 bridgehead atoms. The van der Waals surface area contributed by atoms with Crippen molar-refractivity contribution in [2.75, 3.05) is 11.9 Å². The van der Waals surface area contributed by atoms with E-state index in [-0.39, 0.29) is 23.3 Å². The third kappa shape index (κ3) is 5.68. The Hall–Kier alpha value is -4.10. The Morgan fingerprint density at radius 1 is 1.18 bits per heavy atom. The fourth-order valence-electron chi connectivity index (χ4n) is 5.99. The van der Waals surface area contributed by atoms with Gasteiger partial charge in [-0.05, 0) is 79.5 Å². The number of fused-ring (bicyclic) bond motifs is 1. The summed E-state index contributed by atoms with van der Waals surface area (Å²) < 4.78 is 13.4. The maximum atomic E-state index is 13.4. The third-order valence-electron chi connectivity index (χ3n) is 8.33. The van der Waals surface area contributed by atoms with Crippen molar-refractivity contribution in [3.63, 3.8) is 0 Å². The maximum absolute atomic E-state index is 13.4. The second-order valence-electron chi connectivity index (χ2n) is 10.7. The Bertz CT molecular complexity index is 1390. The molecule has 5 rings (SSSR count). The van der Waals surface area contributed by atoms with Crippen LogP contribution in [0.5, 0.6) is 0 Å². The van der Waals surface area contributed by atoms with Crippen LogP contribution in [0, 0.1) is 22.6 Å². The Morgan fingerprint density at radius 2 is 1.92 bits per heavy atom. The molecule has 200 valence electrons. The Labute approximate surface area is 229 Å². The summed E-state index contributed by atoms with van der Waals surface area (Å²) in [6.45, 7) is 2.29. The lowest BCUT2D eigenvalue weighted by molar-refractivity contribution is -0.513. The van der Waals surface area contributed by atoms with Gasteiger partial charge in [0.05, 0.1) is 11.7 Å². The molecule has 0 spiro atoms. The van der Waals surface area contributed by atoms with E-state index in [9.17, 15) is 9.18 Å². The molecule has 1 saturated carbocycles. The fourth-order valence-corrected chi connectivity index (χ4v) is 5.99. The van der Waals surface area contributed by atoms with Crippen molar-refractivity contribution >= 4 is 23.6 Å². The van der Waals surface area contributed by atoms with Crippen LogP contribution >= 0.6 is 0 Å². The lowest BCUT2D eigenvalue weighted by Gasteiger charge is -2.38. The molecular formula is C32H35FN5O+. The molecule has 0 saturated heterocycles. The number of carbonyl (C=O) groups is 1. The average molecular weight is 525 g/mol. The van der Waals surface area contributed by atoms with Gasteiger partial charge in [-0.25, -0.2) is 9.18 Å². The van der Waals surface area contributed by atoms with E-state index in [0.29, 0.717) is 5.92 Å². The van der Waals surface area contributed by atoms with Crippen molar-refractivity contribution in [2.45, 2.75) is 38.6 Å². The molecule has 4 N–H and O–H groups in total. The number of allylic oxidation sites excluding steroid dienone is 3. The zero-order valence-electron chi connectivity index (χ0n) is 22.4. The summed E-state index contributed by atoms with van der Waals surface area (Å²) in [5.41, 5.74) is 5.84. The molecule has 1 unspecified atom stereocenters. The molecule has 2 aromatic carbocycles. The van der Waals surface area contributed by atoms with Crippen molar-refractivity contribution in [1.82, 2.24) is 10.3 Å². The summed E-state index contributed by atoms with van der Waals surface area (Å²) in [5.74, 6) is 0.0477. The Kier molecular flexibility index (Phi) is 7.70. The minimum Gasteiger partial charge on any atom is -0.329 e. The molecule has 1 aromatic heterocycles. The number of nitrogens with one attached hydrogen (secondary N) is 2. The predicted molar refractivity (Wildman–Crippen MR) is 152 cm³/mol. The smallest absolute Gasteiger partial charge is 0.322 e. The van der Waals surface area contributed by atoms with Crippen molar-refractivity contribution in [3.05, 3.63) is 113 Å². The van der Waals surface area contributed by atoms with Gasteiger partial charge in [0.25, 0.3) is 0 Å². The highest BCUT2D eigenvalue weighted by atomic mass is 19.1. The van der Waals surface area contributed by atoms with Gasteiger partial charge in [-0.3, -0.25) is 15.2 Å². The van der Waals surface area contributed by atoms with Crippen LogP contribution in [0.15, 0.2) is 102 Å². The van der Waals surface area contributed by atoms with Crippen molar-refractivity contribution < 1.29 is 14.5 Å². The molecule has 2 aliphatic carbocycles. The SMILES string of the molecule is CN(C(=O)NC(C[C@H]1CCC2=CC([NH2+]c3ccc(F)cc3)=C(C=N)C[C@@]21C)c1ccccn1)c1ccccc1. The van der Waals surface area contributed by atoms with Crippen LogP contribution in [0.1, 0.15) is 44.3 Å². The minimum absolute atomic E-state index is 0.115. The van der Waals surface area contributed by atoms with Gasteiger partial charge in [0.15, 0.2) is 0 Å². The number of hydrogen-bond acceptors (Lipinski definition) is 3. The molecule has 1 fully saturated rings. The number of halogens is 1. The van der Waals surface area contributed by atoms with Gasteiger partial charge >= 0.3 is 6.03 Å². The molecule has 0 radical (unpaired) electrons. The van der Waals surface area contributed by atoms with E-state index in [4.69, 9.17) is 5.41 Å². The molecular weight excluding hydrogens is 489 g/mol. The number of aromatic nitrogens is 1. The predicted octanol–water partition coefficient (Wildman–Crippen LogP) is 6.04. The third-order valence-corrected chi connectivity index (χ3v) is 8.33. The first-order chi connectivity index (χ1) is 18.9. The van der Waals surface area contributed by atoms with E-state index in [2.05, 4.69) is 23.3 Å². The summed E-state index contributed by atoms with van der Waals surface area (Å²) in [6.07, 6.45) is 8.94. The number of hydrogen-bond donors (Lipinski definition) is 3. The molecule has 1 heterocycles. The van der Waals surface area contributed by atoms with E-state index in [0.717, 1.165) is 54.0 Å². The van der Waals surface area contributed by atoms with Crippen molar-refractivity contribution in [3.8, 4) is 0 Å². The highest BCUT2D eigenvalue weighted by Gasteiger charge is 2.46. The molecule has 2 aliphatic rings. The highest BCUT2D eigenvalue weighted by molar-refractivity contribution is 5.91. The monoisotopic (exact) mass is 524 g/mol.